The molecule has 2 aromatic carbocycles. The van der Waals surface area contributed by atoms with Crippen LogP contribution < -0.4 is 10.2 Å². The quantitative estimate of drug-likeness (QED) is 0.741. The number of rotatable bonds is 5. The Hall–Kier alpha value is -3.15. The molecule has 0 unspecified atom stereocenters. The fourth-order valence-corrected chi connectivity index (χ4v) is 3.55. The molecular formula is C22H25N5O. The van der Waals surface area contributed by atoms with E-state index in [9.17, 15) is 4.79 Å². The largest absolute Gasteiger partial charge is 0.365 e. The second kappa shape index (κ2) is 8.25. The number of anilines is 2. The zero-order chi connectivity index (χ0) is 19.3. The third-order valence-corrected chi connectivity index (χ3v) is 5.09. The number of nitrogens with zero attached hydrogens (tertiary/aromatic N) is 4. The average Bonchev–Trinajstić information content (AvgIpc) is 2.93. The van der Waals surface area contributed by atoms with Crippen LogP contribution in [0.15, 0.2) is 54.6 Å². The summed E-state index contributed by atoms with van der Waals surface area (Å²) in [7, 11) is 0. The third kappa shape index (κ3) is 3.91. The minimum atomic E-state index is 0.135. The van der Waals surface area contributed by atoms with Crippen molar-refractivity contribution >= 4 is 28.6 Å². The van der Waals surface area contributed by atoms with Gasteiger partial charge in [-0.05, 0) is 31.0 Å². The SMILES string of the molecule is CCN1CCCN(c2nc(NCc3ccccc3)c3ccccc3n2)CC1=O. The maximum atomic E-state index is 12.5. The highest BCUT2D eigenvalue weighted by atomic mass is 16.2. The Morgan fingerprint density at radius 2 is 1.79 bits per heavy atom. The molecule has 144 valence electrons. The molecular weight excluding hydrogens is 350 g/mol. The summed E-state index contributed by atoms with van der Waals surface area (Å²) in [6.07, 6.45) is 0.919. The van der Waals surface area contributed by atoms with Crippen LogP contribution in [0.3, 0.4) is 0 Å². The van der Waals surface area contributed by atoms with E-state index in [2.05, 4.69) is 17.4 Å². The zero-order valence-corrected chi connectivity index (χ0v) is 16.1. The van der Waals surface area contributed by atoms with Crippen molar-refractivity contribution in [3.8, 4) is 0 Å². The molecule has 1 amide bonds. The van der Waals surface area contributed by atoms with Crippen LogP contribution in [0, 0.1) is 0 Å². The van der Waals surface area contributed by atoms with Crippen molar-refractivity contribution < 1.29 is 4.79 Å². The van der Waals surface area contributed by atoms with E-state index >= 15 is 0 Å². The third-order valence-electron chi connectivity index (χ3n) is 5.09. The monoisotopic (exact) mass is 375 g/mol. The van der Waals surface area contributed by atoms with Crippen LogP contribution in [0.25, 0.3) is 10.9 Å². The van der Waals surface area contributed by atoms with Crippen molar-refractivity contribution in [3.05, 3.63) is 60.2 Å². The fraction of sp³-hybridized carbons (Fsp3) is 0.318. The van der Waals surface area contributed by atoms with Gasteiger partial charge >= 0.3 is 0 Å². The number of fused-ring (bicyclic) bond motifs is 1. The highest BCUT2D eigenvalue weighted by Crippen LogP contribution is 2.24. The molecule has 0 atom stereocenters. The van der Waals surface area contributed by atoms with E-state index in [1.165, 1.54) is 5.56 Å². The number of para-hydroxylation sites is 1. The van der Waals surface area contributed by atoms with Gasteiger partial charge in [0.1, 0.15) is 5.82 Å². The molecule has 1 N–H and O–H groups in total. The fourth-order valence-electron chi connectivity index (χ4n) is 3.55. The van der Waals surface area contributed by atoms with E-state index in [0.29, 0.717) is 19.0 Å². The Labute approximate surface area is 165 Å². The van der Waals surface area contributed by atoms with Crippen molar-refractivity contribution in [2.24, 2.45) is 0 Å². The lowest BCUT2D eigenvalue weighted by Crippen LogP contribution is -2.37. The van der Waals surface area contributed by atoms with Crippen molar-refractivity contribution in [3.63, 3.8) is 0 Å². The lowest BCUT2D eigenvalue weighted by molar-refractivity contribution is -0.129. The Morgan fingerprint density at radius 1 is 1.00 bits per heavy atom. The summed E-state index contributed by atoms with van der Waals surface area (Å²) in [6, 6.07) is 18.2. The van der Waals surface area contributed by atoms with E-state index in [4.69, 9.17) is 9.97 Å². The molecule has 3 aromatic rings. The number of nitrogens with one attached hydrogen (secondary N) is 1. The van der Waals surface area contributed by atoms with E-state index in [1.54, 1.807) is 0 Å². The lowest BCUT2D eigenvalue weighted by atomic mass is 10.2. The lowest BCUT2D eigenvalue weighted by Gasteiger charge is -2.22. The first kappa shape index (κ1) is 18.2. The first-order chi connectivity index (χ1) is 13.7. The molecule has 0 aliphatic carbocycles. The van der Waals surface area contributed by atoms with Crippen LogP contribution >= 0.6 is 0 Å². The molecule has 4 rings (SSSR count). The predicted molar refractivity (Wildman–Crippen MR) is 112 cm³/mol. The maximum Gasteiger partial charge on any atom is 0.242 e. The molecule has 2 heterocycles. The molecule has 0 radical (unpaired) electrons. The second-order valence-electron chi connectivity index (χ2n) is 6.98. The van der Waals surface area contributed by atoms with E-state index in [-0.39, 0.29) is 5.91 Å². The van der Waals surface area contributed by atoms with E-state index in [0.717, 1.165) is 42.8 Å². The number of carbonyl (C=O) groups excluding carboxylic acids is 1. The number of hydrogen-bond donors (Lipinski definition) is 1. The average molecular weight is 375 g/mol. The molecule has 1 aliphatic heterocycles. The second-order valence-corrected chi connectivity index (χ2v) is 6.98. The van der Waals surface area contributed by atoms with Crippen LogP contribution in [0.4, 0.5) is 11.8 Å². The molecule has 1 fully saturated rings. The summed E-state index contributed by atoms with van der Waals surface area (Å²) >= 11 is 0. The number of hydrogen-bond acceptors (Lipinski definition) is 5. The smallest absolute Gasteiger partial charge is 0.242 e. The van der Waals surface area contributed by atoms with Crippen LogP contribution in [0.5, 0.6) is 0 Å². The Balaban J connectivity index is 1.64. The summed E-state index contributed by atoms with van der Waals surface area (Å²) in [6.45, 7) is 5.34. The van der Waals surface area contributed by atoms with Gasteiger partial charge in [0, 0.05) is 31.6 Å². The van der Waals surface area contributed by atoms with Gasteiger partial charge in [0.2, 0.25) is 11.9 Å². The molecule has 0 bridgehead atoms. The van der Waals surface area contributed by atoms with Crippen molar-refractivity contribution in [1.82, 2.24) is 14.9 Å². The summed E-state index contributed by atoms with van der Waals surface area (Å²) < 4.78 is 0. The van der Waals surface area contributed by atoms with Gasteiger partial charge in [-0.25, -0.2) is 4.98 Å². The Morgan fingerprint density at radius 3 is 2.61 bits per heavy atom. The summed E-state index contributed by atoms with van der Waals surface area (Å²) in [4.78, 5) is 25.9. The molecule has 6 heteroatoms. The number of benzene rings is 2. The first-order valence-corrected chi connectivity index (χ1v) is 9.82. The van der Waals surface area contributed by atoms with Gasteiger partial charge in [-0.2, -0.15) is 4.98 Å². The molecule has 1 aromatic heterocycles. The van der Waals surface area contributed by atoms with Gasteiger partial charge in [-0.1, -0.05) is 42.5 Å². The molecule has 6 nitrogen and oxygen atoms in total. The predicted octanol–water partition coefficient (Wildman–Crippen LogP) is 3.30. The van der Waals surface area contributed by atoms with E-state index in [1.807, 2.05) is 59.2 Å². The topological polar surface area (TPSA) is 61.4 Å². The molecule has 0 saturated carbocycles. The standard InChI is InChI=1S/C22H25N5O/c1-2-26-13-8-14-27(16-20(26)28)22-24-19-12-7-6-11-18(19)21(25-22)23-15-17-9-4-3-5-10-17/h3-7,9-12H,2,8,13-16H2,1H3,(H,23,24,25). The number of likely N-dealkylation sites (N-methyl/N-ethyl adjacent to an activating group) is 1. The number of amides is 1. The Bertz CT molecular complexity index is 960. The maximum absolute atomic E-state index is 12.5. The van der Waals surface area contributed by atoms with Gasteiger partial charge in [0.25, 0.3) is 0 Å². The van der Waals surface area contributed by atoms with Crippen LogP contribution in [-0.4, -0.2) is 47.0 Å². The van der Waals surface area contributed by atoms with Gasteiger partial charge in [-0.15, -0.1) is 0 Å². The highest BCUT2D eigenvalue weighted by molar-refractivity contribution is 5.90. The van der Waals surface area contributed by atoms with Crippen molar-refractivity contribution in [1.29, 1.82) is 0 Å². The molecule has 28 heavy (non-hydrogen) atoms. The molecule has 1 aliphatic rings. The highest BCUT2D eigenvalue weighted by Gasteiger charge is 2.23. The van der Waals surface area contributed by atoms with Crippen LogP contribution in [-0.2, 0) is 11.3 Å². The molecule has 1 saturated heterocycles. The van der Waals surface area contributed by atoms with E-state index < -0.39 is 0 Å². The Kier molecular flexibility index (Phi) is 5.37. The summed E-state index contributed by atoms with van der Waals surface area (Å²) in [5, 5.41) is 4.44. The summed E-state index contributed by atoms with van der Waals surface area (Å²) in [5.41, 5.74) is 2.07. The minimum Gasteiger partial charge on any atom is -0.365 e. The van der Waals surface area contributed by atoms with Crippen LogP contribution in [0.1, 0.15) is 18.9 Å². The van der Waals surface area contributed by atoms with Crippen molar-refractivity contribution in [2.45, 2.75) is 19.9 Å². The van der Waals surface area contributed by atoms with Gasteiger partial charge in [0.05, 0.1) is 12.1 Å². The van der Waals surface area contributed by atoms with Crippen molar-refractivity contribution in [2.75, 3.05) is 36.4 Å². The zero-order valence-electron chi connectivity index (χ0n) is 16.1. The molecule has 0 spiro atoms. The van der Waals surface area contributed by atoms with Crippen LogP contribution in [0.2, 0.25) is 0 Å². The number of carbonyl (C=O) groups is 1. The van der Waals surface area contributed by atoms with Gasteiger partial charge in [0.15, 0.2) is 0 Å². The number of aromatic nitrogens is 2. The van der Waals surface area contributed by atoms with Gasteiger partial charge in [-0.3, -0.25) is 4.79 Å². The van der Waals surface area contributed by atoms with Gasteiger partial charge < -0.3 is 15.1 Å². The summed E-state index contributed by atoms with van der Waals surface area (Å²) in [5.74, 6) is 1.55. The normalized spacial score (nSPS) is 15.0. The first-order valence-electron chi connectivity index (χ1n) is 9.82. The minimum absolute atomic E-state index is 0.135.